The molecule has 0 aliphatic heterocycles. The van der Waals surface area contributed by atoms with Crippen LogP contribution in [0, 0.1) is 29.4 Å². The molecule has 18 heavy (non-hydrogen) atoms. The third-order valence-corrected chi connectivity index (χ3v) is 4.59. The minimum atomic E-state index is -0.792. The summed E-state index contributed by atoms with van der Waals surface area (Å²) in [4.78, 5) is 0. The minimum absolute atomic E-state index is 0.185. The molecule has 2 nitrogen and oxygen atoms in total. The van der Waals surface area contributed by atoms with Crippen molar-refractivity contribution in [1.29, 1.82) is 0 Å². The van der Waals surface area contributed by atoms with Crippen LogP contribution >= 0.6 is 0 Å². The van der Waals surface area contributed by atoms with Gasteiger partial charge >= 0.3 is 0 Å². The predicted octanol–water partition coefficient (Wildman–Crippen LogP) is 2.39. The van der Waals surface area contributed by atoms with Gasteiger partial charge in [-0.05, 0) is 54.7 Å². The van der Waals surface area contributed by atoms with E-state index in [0.717, 1.165) is 17.4 Å². The van der Waals surface area contributed by atoms with Gasteiger partial charge in [-0.1, -0.05) is 12.5 Å². The number of nitrogens with one attached hydrogen (secondary N) is 1. The molecule has 1 aromatic rings. The summed E-state index contributed by atoms with van der Waals surface area (Å²) in [6.07, 6.45) is 4.59. The summed E-state index contributed by atoms with van der Waals surface area (Å²) in [5, 5.41) is 0. The molecule has 1 aromatic carbocycles. The highest BCUT2D eigenvalue weighted by Gasteiger charge is 2.55. The van der Waals surface area contributed by atoms with E-state index in [0.29, 0.717) is 12.3 Å². The van der Waals surface area contributed by atoms with Gasteiger partial charge in [-0.15, -0.1) is 0 Å². The molecule has 0 radical (unpaired) electrons. The van der Waals surface area contributed by atoms with Gasteiger partial charge in [0.05, 0.1) is 0 Å². The Morgan fingerprint density at radius 1 is 1.22 bits per heavy atom. The topological polar surface area (TPSA) is 38.0 Å². The first-order chi connectivity index (χ1) is 8.70. The second kappa shape index (κ2) is 4.59. The quantitative estimate of drug-likeness (QED) is 0.638. The number of hydrazine groups is 1. The molecule has 0 bridgehead atoms. The van der Waals surface area contributed by atoms with Crippen LogP contribution in [0.25, 0.3) is 0 Å². The lowest BCUT2D eigenvalue weighted by Gasteiger charge is -2.18. The average molecular weight is 252 g/mol. The fourth-order valence-electron chi connectivity index (χ4n) is 3.70. The van der Waals surface area contributed by atoms with E-state index in [2.05, 4.69) is 5.43 Å². The minimum Gasteiger partial charge on any atom is -0.271 e. The average Bonchev–Trinajstić information content (AvgIpc) is 2.83. The number of halogens is 2. The van der Waals surface area contributed by atoms with E-state index in [1.54, 1.807) is 6.07 Å². The Balaban J connectivity index is 1.68. The molecule has 3 unspecified atom stereocenters. The highest BCUT2D eigenvalue weighted by atomic mass is 19.2. The van der Waals surface area contributed by atoms with Gasteiger partial charge in [0.15, 0.2) is 11.6 Å². The molecule has 0 saturated heterocycles. The Kier molecular flexibility index (Phi) is 3.08. The molecule has 0 spiro atoms. The van der Waals surface area contributed by atoms with E-state index in [-0.39, 0.29) is 6.04 Å². The maximum absolute atomic E-state index is 13.2. The maximum atomic E-state index is 13.2. The third kappa shape index (κ3) is 2.04. The summed E-state index contributed by atoms with van der Waals surface area (Å²) in [6, 6.07) is 4.29. The van der Waals surface area contributed by atoms with Crippen molar-refractivity contribution < 1.29 is 8.78 Å². The Bertz CT molecular complexity index is 439. The fourth-order valence-corrected chi connectivity index (χ4v) is 3.70. The van der Waals surface area contributed by atoms with E-state index in [9.17, 15) is 8.78 Å². The van der Waals surface area contributed by atoms with Gasteiger partial charge in [0.25, 0.3) is 0 Å². The highest BCUT2D eigenvalue weighted by Crippen LogP contribution is 2.59. The van der Waals surface area contributed by atoms with Crippen molar-refractivity contribution in [3.8, 4) is 0 Å². The molecular formula is C14H18F2N2. The van der Waals surface area contributed by atoms with Crippen molar-refractivity contribution in [3.05, 3.63) is 35.4 Å². The molecule has 98 valence electrons. The first-order valence-corrected chi connectivity index (χ1v) is 6.60. The van der Waals surface area contributed by atoms with Crippen molar-refractivity contribution in [2.45, 2.75) is 31.7 Å². The van der Waals surface area contributed by atoms with Crippen LogP contribution < -0.4 is 11.3 Å². The summed E-state index contributed by atoms with van der Waals surface area (Å²) in [6.45, 7) is 0. The number of hydrogen-bond donors (Lipinski definition) is 2. The lowest BCUT2D eigenvalue weighted by atomic mass is 9.97. The van der Waals surface area contributed by atoms with E-state index in [1.165, 1.54) is 31.4 Å². The summed E-state index contributed by atoms with van der Waals surface area (Å²) in [7, 11) is 0. The second-order valence-electron chi connectivity index (χ2n) is 5.56. The molecule has 0 heterocycles. The first kappa shape index (κ1) is 12.1. The number of benzene rings is 1. The standard InChI is InChI=1S/C14H18F2N2/c15-11-5-4-8(6-12(11)16)7-13(18-17)14-9-2-1-3-10(9)14/h4-6,9-10,13-14,18H,1-3,7,17H2. The third-order valence-electron chi connectivity index (χ3n) is 4.59. The molecule has 4 heteroatoms. The van der Waals surface area contributed by atoms with Crippen LogP contribution in [0.2, 0.25) is 0 Å². The Morgan fingerprint density at radius 3 is 2.56 bits per heavy atom. The molecule has 3 atom stereocenters. The van der Waals surface area contributed by atoms with E-state index < -0.39 is 11.6 Å². The molecule has 3 N–H and O–H groups in total. The number of nitrogens with two attached hydrogens (primary N) is 1. The van der Waals surface area contributed by atoms with E-state index in [1.807, 2.05) is 0 Å². The largest absolute Gasteiger partial charge is 0.271 e. The van der Waals surface area contributed by atoms with E-state index >= 15 is 0 Å². The van der Waals surface area contributed by atoms with Crippen molar-refractivity contribution in [2.24, 2.45) is 23.6 Å². The summed E-state index contributed by atoms with van der Waals surface area (Å²) >= 11 is 0. The summed E-state index contributed by atoms with van der Waals surface area (Å²) < 4.78 is 26.0. The van der Waals surface area contributed by atoms with Crippen LogP contribution in [0.5, 0.6) is 0 Å². The molecule has 2 aliphatic rings. The van der Waals surface area contributed by atoms with Gasteiger partial charge in [-0.25, -0.2) is 8.78 Å². The fraction of sp³-hybridized carbons (Fsp3) is 0.571. The lowest BCUT2D eigenvalue weighted by Crippen LogP contribution is -2.39. The SMILES string of the molecule is NNC(Cc1ccc(F)c(F)c1)C1C2CCCC21. The molecule has 3 rings (SSSR count). The molecule has 0 aromatic heterocycles. The van der Waals surface area contributed by atoms with Crippen molar-refractivity contribution >= 4 is 0 Å². The van der Waals surface area contributed by atoms with Gasteiger partial charge in [-0.3, -0.25) is 11.3 Å². The first-order valence-electron chi connectivity index (χ1n) is 6.60. The molecule has 0 amide bonds. The van der Waals surface area contributed by atoms with Gasteiger partial charge in [0, 0.05) is 6.04 Å². The van der Waals surface area contributed by atoms with Crippen molar-refractivity contribution in [1.82, 2.24) is 5.43 Å². The van der Waals surface area contributed by atoms with Crippen LogP contribution in [-0.2, 0) is 6.42 Å². The zero-order valence-electron chi connectivity index (χ0n) is 10.2. The number of rotatable bonds is 4. The molecule has 2 saturated carbocycles. The van der Waals surface area contributed by atoms with Crippen LogP contribution in [0.1, 0.15) is 24.8 Å². The van der Waals surface area contributed by atoms with Crippen molar-refractivity contribution in [2.75, 3.05) is 0 Å². The monoisotopic (exact) mass is 252 g/mol. The zero-order valence-corrected chi connectivity index (χ0v) is 10.2. The Morgan fingerprint density at radius 2 is 1.94 bits per heavy atom. The van der Waals surface area contributed by atoms with Crippen LogP contribution in [0.4, 0.5) is 8.78 Å². The van der Waals surface area contributed by atoms with Crippen LogP contribution in [0.15, 0.2) is 18.2 Å². The lowest BCUT2D eigenvalue weighted by molar-refractivity contribution is 0.409. The number of fused-ring (bicyclic) bond motifs is 1. The predicted molar refractivity (Wildman–Crippen MR) is 65.5 cm³/mol. The second-order valence-corrected chi connectivity index (χ2v) is 5.56. The Hall–Kier alpha value is -1.00. The van der Waals surface area contributed by atoms with Crippen LogP contribution in [0.3, 0.4) is 0 Å². The molecule has 2 fully saturated rings. The van der Waals surface area contributed by atoms with Gasteiger partial charge in [0.1, 0.15) is 0 Å². The maximum Gasteiger partial charge on any atom is 0.159 e. The normalized spacial score (nSPS) is 31.2. The highest BCUT2D eigenvalue weighted by molar-refractivity contribution is 5.20. The van der Waals surface area contributed by atoms with E-state index in [4.69, 9.17) is 5.84 Å². The van der Waals surface area contributed by atoms with Gasteiger partial charge in [0.2, 0.25) is 0 Å². The summed E-state index contributed by atoms with van der Waals surface area (Å²) in [5.74, 6) is 6.27. The Labute approximate surface area is 106 Å². The number of hydrogen-bond acceptors (Lipinski definition) is 2. The van der Waals surface area contributed by atoms with Gasteiger partial charge < -0.3 is 0 Å². The smallest absolute Gasteiger partial charge is 0.159 e. The summed E-state index contributed by atoms with van der Waals surface area (Å²) in [5.41, 5.74) is 3.67. The molecule has 2 aliphatic carbocycles. The molecular weight excluding hydrogens is 234 g/mol. The van der Waals surface area contributed by atoms with Crippen LogP contribution in [-0.4, -0.2) is 6.04 Å². The van der Waals surface area contributed by atoms with Crippen molar-refractivity contribution in [3.63, 3.8) is 0 Å². The zero-order chi connectivity index (χ0) is 12.7. The van der Waals surface area contributed by atoms with Gasteiger partial charge in [-0.2, -0.15) is 0 Å².